The fourth-order valence-corrected chi connectivity index (χ4v) is 4.14. The zero-order valence-electron chi connectivity index (χ0n) is 15.1. The van der Waals surface area contributed by atoms with Crippen LogP contribution >= 0.6 is 22.6 Å². The van der Waals surface area contributed by atoms with Gasteiger partial charge in [0.2, 0.25) is 0 Å². The van der Waals surface area contributed by atoms with E-state index in [-0.39, 0.29) is 0 Å². The van der Waals surface area contributed by atoms with Gasteiger partial charge in [-0.2, -0.15) is 0 Å². The highest BCUT2D eigenvalue weighted by Crippen LogP contribution is 2.37. The first-order valence-corrected chi connectivity index (χ1v) is 9.72. The number of imidazole rings is 1. The first kappa shape index (κ1) is 17.1. The lowest BCUT2D eigenvalue weighted by molar-refractivity contribution is -0.634. The monoisotopic (exact) mass is 455 g/mol. The SMILES string of the molecule is C=Cc1oc2c(-c3n(C)c4ccccc4[n+]3C)c(C)ccc2c1/C=C\I. The predicted octanol–water partition coefficient (Wildman–Crippen LogP) is 5.77. The van der Waals surface area contributed by atoms with Gasteiger partial charge in [0.25, 0.3) is 5.82 Å². The van der Waals surface area contributed by atoms with Crippen LogP contribution in [0.25, 0.3) is 45.5 Å². The molecule has 0 aliphatic carbocycles. The molecule has 0 N–H and O–H groups in total. The van der Waals surface area contributed by atoms with Crippen LogP contribution < -0.4 is 4.57 Å². The molecular formula is C22H20IN2O+. The number of para-hydroxylation sites is 2. The summed E-state index contributed by atoms with van der Waals surface area (Å²) in [4.78, 5) is 0. The Morgan fingerprint density at radius 3 is 2.65 bits per heavy atom. The number of rotatable bonds is 3. The molecule has 0 amide bonds. The number of aromatic nitrogens is 2. The van der Waals surface area contributed by atoms with Gasteiger partial charge in [-0.1, -0.05) is 53.4 Å². The van der Waals surface area contributed by atoms with Crippen molar-refractivity contribution in [3.8, 4) is 11.4 Å². The Hall–Kier alpha value is -2.34. The molecule has 0 saturated heterocycles. The molecule has 0 aliphatic rings. The van der Waals surface area contributed by atoms with Crippen LogP contribution in [0.1, 0.15) is 16.9 Å². The van der Waals surface area contributed by atoms with E-state index in [1.165, 1.54) is 16.6 Å². The van der Waals surface area contributed by atoms with E-state index in [1.807, 2.05) is 4.08 Å². The summed E-state index contributed by atoms with van der Waals surface area (Å²) in [5.41, 5.74) is 6.69. The summed E-state index contributed by atoms with van der Waals surface area (Å²) >= 11 is 2.24. The quantitative estimate of drug-likeness (QED) is 0.284. The summed E-state index contributed by atoms with van der Waals surface area (Å²) < 4.78 is 12.8. The zero-order chi connectivity index (χ0) is 18.4. The normalized spacial score (nSPS) is 11.8. The van der Waals surface area contributed by atoms with Gasteiger partial charge >= 0.3 is 0 Å². The van der Waals surface area contributed by atoms with Crippen molar-refractivity contribution in [2.75, 3.05) is 0 Å². The summed E-state index contributed by atoms with van der Waals surface area (Å²) in [6, 6.07) is 12.8. The molecule has 0 atom stereocenters. The third-order valence-corrected chi connectivity index (χ3v) is 5.37. The topological polar surface area (TPSA) is 21.9 Å². The maximum Gasteiger partial charge on any atom is 0.293 e. The van der Waals surface area contributed by atoms with Crippen LogP contribution in [-0.4, -0.2) is 4.57 Å². The van der Waals surface area contributed by atoms with Gasteiger partial charge < -0.3 is 4.42 Å². The summed E-state index contributed by atoms with van der Waals surface area (Å²) in [5, 5.41) is 1.11. The second-order valence-electron chi connectivity index (χ2n) is 6.44. The van der Waals surface area contributed by atoms with Crippen LogP contribution in [0.2, 0.25) is 0 Å². The summed E-state index contributed by atoms with van der Waals surface area (Å²) in [6.07, 6.45) is 3.86. The van der Waals surface area contributed by atoms with Crippen LogP contribution in [0.4, 0.5) is 0 Å². The van der Waals surface area contributed by atoms with Crippen LogP contribution in [-0.2, 0) is 14.1 Å². The van der Waals surface area contributed by atoms with Gasteiger partial charge in [-0.05, 0) is 40.9 Å². The van der Waals surface area contributed by atoms with Gasteiger partial charge in [0, 0.05) is 10.9 Å². The second kappa shape index (κ2) is 6.43. The highest BCUT2D eigenvalue weighted by molar-refractivity contribution is 14.1. The van der Waals surface area contributed by atoms with Gasteiger partial charge in [-0.25, -0.2) is 9.13 Å². The second-order valence-corrected chi connectivity index (χ2v) is 7.16. The molecule has 0 aliphatic heterocycles. The van der Waals surface area contributed by atoms with E-state index in [2.05, 4.69) is 102 Å². The third kappa shape index (κ3) is 2.35. The maximum absolute atomic E-state index is 6.27. The van der Waals surface area contributed by atoms with Gasteiger partial charge in [-0.3, -0.25) is 0 Å². The molecule has 0 saturated carbocycles. The molecule has 2 aromatic heterocycles. The fraction of sp³-hybridized carbons (Fsp3) is 0.136. The van der Waals surface area contributed by atoms with E-state index in [0.717, 1.165) is 33.7 Å². The molecule has 4 aromatic rings. The smallest absolute Gasteiger partial charge is 0.293 e. The molecule has 2 aromatic carbocycles. The van der Waals surface area contributed by atoms with Gasteiger partial charge in [0.1, 0.15) is 11.3 Å². The van der Waals surface area contributed by atoms with E-state index >= 15 is 0 Å². The first-order valence-electron chi connectivity index (χ1n) is 8.47. The number of halogens is 1. The molecule has 4 rings (SSSR count). The molecule has 0 spiro atoms. The average Bonchev–Trinajstić information content (AvgIpc) is 3.12. The van der Waals surface area contributed by atoms with Crippen molar-refractivity contribution in [3.63, 3.8) is 0 Å². The minimum absolute atomic E-state index is 0.807. The van der Waals surface area contributed by atoms with Crippen LogP contribution in [0.15, 0.2) is 51.5 Å². The minimum atomic E-state index is 0.807. The molecule has 2 heterocycles. The van der Waals surface area contributed by atoms with E-state index in [9.17, 15) is 0 Å². The summed E-state index contributed by atoms with van der Waals surface area (Å²) in [5.74, 6) is 1.94. The van der Waals surface area contributed by atoms with Crippen LogP contribution in [0.5, 0.6) is 0 Å². The number of furan rings is 1. The van der Waals surface area contributed by atoms with Crippen molar-refractivity contribution in [1.29, 1.82) is 0 Å². The highest BCUT2D eigenvalue weighted by Gasteiger charge is 2.27. The Morgan fingerprint density at radius 1 is 1.19 bits per heavy atom. The van der Waals surface area contributed by atoms with Gasteiger partial charge in [0.15, 0.2) is 16.6 Å². The number of fused-ring (bicyclic) bond motifs is 2. The third-order valence-electron chi connectivity index (χ3n) is 5.01. The van der Waals surface area contributed by atoms with Crippen molar-refractivity contribution >= 4 is 56.7 Å². The van der Waals surface area contributed by atoms with Crippen molar-refractivity contribution < 1.29 is 8.98 Å². The highest BCUT2D eigenvalue weighted by atomic mass is 127. The number of hydrogen-bond acceptors (Lipinski definition) is 1. The number of aryl methyl sites for hydroxylation is 3. The molecule has 4 heteroatoms. The number of nitrogens with zero attached hydrogens (tertiary/aromatic N) is 2. The Kier molecular flexibility index (Phi) is 4.23. The van der Waals surface area contributed by atoms with Crippen molar-refractivity contribution in [2.24, 2.45) is 14.1 Å². The number of benzene rings is 2. The van der Waals surface area contributed by atoms with E-state index in [0.29, 0.717) is 0 Å². The molecule has 0 radical (unpaired) electrons. The minimum Gasteiger partial charge on any atom is -0.455 e. The molecule has 0 unspecified atom stereocenters. The first-order chi connectivity index (χ1) is 12.6. The summed E-state index contributed by atoms with van der Waals surface area (Å²) in [6.45, 7) is 6.06. The molecule has 0 bridgehead atoms. The van der Waals surface area contributed by atoms with Gasteiger partial charge in [0.05, 0.1) is 14.1 Å². The Morgan fingerprint density at radius 2 is 1.96 bits per heavy atom. The van der Waals surface area contributed by atoms with Crippen LogP contribution in [0.3, 0.4) is 0 Å². The molecule has 3 nitrogen and oxygen atoms in total. The number of hydrogen-bond donors (Lipinski definition) is 0. The molecule has 26 heavy (non-hydrogen) atoms. The predicted molar refractivity (Wildman–Crippen MR) is 117 cm³/mol. The lowest BCUT2D eigenvalue weighted by Crippen LogP contribution is -2.30. The van der Waals surface area contributed by atoms with E-state index in [4.69, 9.17) is 4.42 Å². The molecule has 0 fully saturated rings. The lowest BCUT2D eigenvalue weighted by atomic mass is 10.0. The fourth-order valence-electron chi connectivity index (χ4n) is 3.78. The largest absolute Gasteiger partial charge is 0.455 e. The van der Waals surface area contributed by atoms with Crippen molar-refractivity contribution in [2.45, 2.75) is 6.92 Å². The summed E-state index contributed by atoms with van der Waals surface area (Å²) in [7, 11) is 4.22. The maximum atomic E-state index is 6.27. The van der Waals surface area contributed by atoms with Crippen molar-refractivity contribution in [3.05, 3.63) is 63.9 Å². The standard InChI is InChI=1S/C22H20IN2O/c1-5-19-15(12-13-23)16-11-10-14(2)20(21(16)26-19)22-24(3)17-8-6-7-9-18(17)25(22)4/h5-13H,1H2,2-4H3/q+1/b13-12-. The van der Waals surface area contributed by atoms with Crippen LogP contribution in [0, 0.1) is 6.92 Å². The lowest BCUT2D eigenvalue weighted by Gasteiger charge is -2.05. The zero-order valence-corrected chi connectivity index (χ0v) is 17.2. The average molecular weight is 455 g/mol. The Labute approximate surface area is 166 Å². The van der Waals surface area contributed by atoms with Gasteiger partial charge in [-0.15, -0.1) is 0 Å². The Bertz CT molecular complexity index is 1160. The molecule has 130 valence electrons. The van der Waals surface area contributed by atoms with Crippen molar-refractivity contribution in [1.82, 2.24) is 4.57 Å². The molecular weight excluding hydrogens is 435 g/mol. The van der Waals surface area contributed by atoms with E-state index < -0.39 is 0 Å². The Balaban J connectivity index is 2.16. The van der Waals surface area contributed by atoms with E-state index in [1.54, 1.807) is 6.08 Å².